The molecule has 0 spiro atoms. The van der Waals surface area contributed by atoms with E-state index < -0.39 is 6.04 Å². The number of hydrogen-bond acceptors (Lipinski definition) is 3. The van der Waals surface area contributed by atoms with Crippen molar-refractivity contribution in [1.82, 2.24) is 10.6 Å². The maximum Gasteiger partial charge on any atom is 0.251 e. The molecule has 1 unspecified atom stereocenters. The van der Waals surface area contributed by atoms with Crippen LogP contribution in [0.2, 0.25) is 0 Å². The minimum atomic E-state index is -0.482. The highest BCUT2D eigenvalue weighted by molar-refractivity contribution is 5.97. The number of rotatable bonds is 7. The van der Waals surface area contributed by atoms with E-state index in [1.807, 2.05) is 36.4 Å². The second-order valence-corrected chi connectivity index (χ2v) is 6.71. The summed E-state index contributed by atoms with van der Waals surface area (Å²) in [5.41, 5.74) is 2.46. The Kier molecular flexibility index (Phi) is 6.95. The third-order valence-corrected chi connectivity index (χ3v) is 4.59. The van der Waals surface area contributed by atoms with E-state index in [4.69, 9.17) is 0 Å². The molecule has 6 heteroatoms. The number of anilines is 1. The molecule has 0 aromatic heterocycles. The third kappa shape index (κ3) is 5.54. The van der Waals surface area contributed by atoms with Gasteiger partial charge in [0.1, 0.15) is 0 Å². The van der Waals surface area contributed by atoms with Crippen LogP contribution < -0.4 is 16.0 Å². The van der Waals surface area contributed by atoms with Crippen LogP contribution in [0.1, 0.15) is 38.7 Å². The molecule has 30 heavy (non-hydrogen) atoms. The molecule has 0 radical (unpaired) electrons. The molecule has 1 atom stereocenters. The van der Waals surface area contributed by atoms with Crippen LogP contribution in [0.15, 0.2) is 84.9 Å². The lowest BCUT2D eigenvalue weighted by molar-refractivity contribution is -0.116. The standard InChI is InChI=1S/C24H23N3O3/c1-25-23(29)19-12-14-20(15-13-19)26-22(28)16-21(17-8-4-2-5-9-17)27-24(30)18-10-6-3-7-11-18/h2-15,21H,16H2,1H3,(H,25,29)(H,26,28)(H,27,30). The minimum absolute atomic E-state index is 0.0692. The Bertz CT molecular complexity index is 1000. The highest BCUT2D eigenvalue weighted by atomic mass is 16.2. The van der Waals surface area contributed by atoms with Crippen LogP contribution in [0.4, 0.5) is 5.69 Å². The lowest BCUT2D eigenvalue weighted by Gasteiger charge is -2.19. The SMILES string of the molecule is CNC(=O)c1ccc(NC(=O)CC(NC(=O)c2ccccc2)c2ccccc2)cc1. The van der Waals surface area contributed by atoms with Gasteiger partial charge in [0, 0.05) is 23.9 Å². The molecule has 3 N–H and O–H groups in total. The Morgan fingerprint density at radius 1 is 0.733 bits per heavy atom. The number of benzene rings is 3. The fourth-order valence-corrected chi connectivity index (χ4v) is 3.02. The van der Waals surface area contributed by atoms with E-state index in [0.717, 1.165) is 5.56 Å². The van der Waals surface area contributed by atoms with Crippen molar-refractivity contribution in [1.29, 1.82) is 0 Å². The summed E-state index contributed by atoms with van der Waals surface area (Å²) in [5.74, 6) is -0.683. The molecule has 0 aliphatic carbocycles. The van der Waals surface area contributed by atoms with E-state index in [-0.39, 0.29) is 24.1 Å². The Balaban J connectivity index is 1.70. The topological polar surface area (TPSA) is 87.3 Å². The highest BCUT2D eigenvalue weighted by Gasteiger charge is 2.19. The predicted molar refractivity (Wildman–Crippen MR) is 116 cm³/mol. The van der Waals surface area contributed by atoms with E-state index >= 15 is 0 Å². The first-order chi connectivity index (χ1) is 14.6. The molecule has 3 aromatic carbocycles. The summed E-state index contributed by atoms with van der Waals surface area (Å²) >= 11 is 0. The second-order valence-electron chi connectivity index (χ2n) is 6.71. The van der Waals surface area contributed by atoms with Gasteiger partial charge in [0.2, 0.25) is 5.91 Å². The van der Waals surface area contributed by atoms with Crippen molar-refractivity contribution >= 4 is 23.4 Å². The van der Waals surface area contributed by atoms with Gasteiger partial charge in [-0.2, -0.15) is 0 Å². The number of hydrogen-bond donors (Lipinski definition) is 3. The first-order valence-electron chi connectivity index (χ1n) is 9.59. The zero-order valence-electron chi connectivity index (χ0n) is 16.6. The van der Waals surface area contributed by atoms with Crippen LogP contribution in [-0.2, 0) is 4.79 Å². The summed E-state index contributed by atoms with van der Waals surface area (Å²) in [6.45, 7) is 0. The summed E-state index contributed by atoms with van der Waals surface area (Å²) in [4.78, 5) is 36.9. The average Bonchev–Trinajstić information content (AvgIpc) is 2.79. The van der Waals surface area contributed by atoms with Gasteiger partial charge in [-0.25, -0.2) is 0 Å². The van der Waals surface area contributed by atoms with Crippen molar-refractivity contribution in [2.45, 2.75) is 12.5 Å². The van der Waals surface area contributed by atoms with E-state index in [0.29, 0.717) is 16.8 Å². The Labute approximate surface area is 175 Å². The van der Waals surface area contributed by atoms with Crippen molar-refractivity contribution < 1.29 is 14.4 Å². The molecule has 0 aliphatic heterocycles. The largest absolute Gasteiger partial charge is 0.355 e. The van der Waals surface area contributed by atoms with Gasteiger partial charge in [0.25, 0.3) is 11.8 Å². The first-order valence-corrected chi connectivity index (χ1v) is 9.59. The van der Waals surface area contributed by atoms with Crippen molar-refractivity contribution in [3.63, 3.8) is 0 Å². The summed E-state index contributed by atoms with van der Waals surface area (Å²) in [7, 11) is 1.56. The molecule has 0 saturated carbocycles. The summed E-state index contributed by atoms with van der Waals surface area (Å²) < 4.78 is 0. The van der Waals surface area contributed by atoms with Crippen molar-refractivity contribution in [2.75, 3.05) is 12.4 Å². The molecular weight excluding hydrogens is 378 g/mol. The van der Waals surface area contributed by atoms with Crippen LogP contribution in [0.3, 0.4) is 0 Å². The van der Waals surface area contributed by atoms with Crippen LogP contribution >= 0.6 is 0 Å². The monoisotopic (exact) mass is 401 g/mol. The van der Waals surface area contributed by atoms with Crippen LogP contribution in [0.25, 0.3) is 0 Å². The molecule has 0 aliphatic rings. The average molecular weight is 401 g/mol. The van der Waals surface area contributed by atoms with E-state index in [1.54, 1.807) is 55.6 Å². The Morgan fingerprint density at radius 3 is 1.90 bits per heavy atom. The maximum absolute atomic E-state index is 12.6. The van der Waals surface area contributed by atoms with E-state index in [9.17, 15) is 14.4 Å². The van der Waals surface area contributed by atoms with Gasteiger partial charge in [0.15, 0.2) is 0 Å². The lowest BCUT2D eigenvalue weighted by atomic mass is 10.0. The number of amides is 3. The molecule has 6 nitrogen and oxygen atoms in total. The molecule has 3 amide bonds. The lowest BCUT2D eigenvalue weighted by Crippen LogP contribution is -2.31. The smallest absolute Gasteiger partial charge is 0.251 e. The summed E-state index contributed by atoms with van der Waals surface area (Å²) in [6.07, 6.45) is 0.0692. The molecule has 0 saturated heterocycles. The van der Waals surface area contributed by atoms with Crippen molar-refractivity contribution in [3.05, 3.63) is 102 Å². The molecule has 0 heterocycles. The van der Waals surface area contributed by atoms with Crippen LogP contribution in [-0.4, -0.2) is 24.8 Å². The van der Waals surface area contributed by atoms with Crippen LogP contribution in [0, 0.1) is 0 Å². The van der Waals surface area contributed by atoms with Gasteiger partial charge in [0.05, 0.1) is 12.5 Å². The predicted octanol–water partition coefficient (Wildman–Crippen LogP) is 3.55. The molecule has 152 valence electrons. The Morgan fingerprint density at radius 2 is 1.30 bits per heavy atom. The van der Waals surface area contributed by atoms with Crippen molar-refractivity contribution in [3.8, 4) is 0 Å². The molecule has 0 fully saturated rings. The van der Waals surface area contributed by atoms with Gasteiger partial charge in [-0.15, -0.1) is 0 Å². The van der Waals surface area contributed by atoms with Crippen LogP contribution in [0.5, 0.6) is 0 Å². The van der Waals surface area contributed by atoms with Gasteiger partial charge in [-0.3, -0.25) is 14.4 Å². The van der Waals surface area contributed by atoms with Gasteiger partial charge < -0.3 is 16.0 Å². The fraction of sp³-hybridized carbons (Fsp3) is 0.125. The molecule has 0 bridgehead atoms. The second kappa shape index (κ2) is 10.0. The minimum Gasteiger partial charge on any atom is -0.355 e. The number of carbonyl (C=O) groups excluding carboxylic acids is 3. The van der Waals surface area contributed by atoms with Gasteiger partial charge >= 0.3 is 0 Å². The maximum atomic E-state index is 12.6. The van der Waals surface area contributed by atoms with E-state index in [2.05, 4.69) is 16.0 Å². The van der Waals surface area contributed by atoms with Crippen molar-refractivity contribution in [2.24, 2.45) is 0 Å². The van der Waals surface area contributed by atoms with Gasteiger partial charge in [-0.1, -0.05) is 48.5 Å². The zero-order valence-corrected chi connectivity index (χ0v) is 16.6. The Hall–Kier alpha value is -3.93. The summed E-state index contributed by atoms with van der Waals surface area (Å²) in [6, 6.07) is 24.4. The quantitative estimate of drug-likeness (QED) is 0.566. The van der Waals surface area contributed by atoms with Gasteiger partial charge in [-0.05, 0) is 42.0 Å². The molecule has 3 rings (SSSR count). The molecular formula is C24H23N3O3. The normalized spacial score (nSPS) is 11.2. The molecule has 3 aromatic rings. The number of nitrogens with one attached hydrogen (secondary N) is 3. The van der Waals surface area contributed by atoms with E-state index in [1.165, 1.54) is 0 Å². The summed E-state index contributed by atoms with van der Waals surface area (Å²) in [5, 5.41) is 8.31. The first kappa shape index (κ1) is 20.8. The third-order valence-electron chi connectivity index (χ3n) is 4.59. The fourth-order valence-electron chi connectivity index (χ4n) is 3.02. The number of carbonyl (C=O) groups is 3. The highest BCUT2D eigenvalue weighted by Crippen LogP contribution is 2.19. The zero-order chi connectivity index (χ0) is 21.3.